The molecule has 1 aliphatic rings. The number of benzene rings is 1. The summed E-state index contributed by atoms with van der Waals surface area (Å²) < 4.78 is 50.2. The highest BCUT2D eigenvalue weighted by atomic mass is 32.1. The van der Waals surface area contributed by atoms with Crippen LogP contribution in [0.4, 0.5) is 13.2 Å². The lowest BCUT2D eigenvalue weighted by Crippen LogP contribution is -2.61. The third-order valence-electron chi connectivity index (χ3n) is 3.38. The number of hydrogen-bond donors (Lipinski definition) is 2. The number of halogens is 3. The van der Waals surface area contributed by atoms with Gasteiger partial charge in [0.15, 0.2) is 17.5 Å². The van der Waals surface area contributed by atoms with E-state index in [1.54, 1.807) is 6.92 Å². The molecule has 2 unspecified atom stereocenters. The van der Waals surface area contributed by atoms with Crippen LogP contribution >= 0.6 is 12.6 Å². The van der Waals surface area contributed by atoms with Crippen molar-refractivity contribution >= 4 is 18.6 Å². The molecular weight excluding hydrogens is 319 g/mol. The number of rotatable bonds is 4. The van der Waals surface area contributed by atoms with E-state index >= 15 is 0 Å². The number of nitrogens with one attached hydrogen (secondary N) is 1. The third-order valence-corrected chi connectivity index (χ3v) is 3.98. The van der Waals surface area contributed by atoms with Crippen LogP contribution in [-0.2, 0) is 9.53 Å². The number of ether oxygens (including phenoxy) is 2. The minimum Gasteiger partial charge on any atom is -0.473 e. The van der Waals surface area contributed by atoms with Crippen molar-refractivity contribution in [1.29, 1.82) is 0 Å². The van der Waals surface area contributed by atoms with Crippen LogP contribution in [0.25, 0.3) is 0 Å². The summed E-state index contributed by atoms with van der Waals surface area (Å²) in [5, 5.41) is 2.22. The van der Waals surface area contributed by atoms with E-state index in [9.17, 15) is 18.0 Å². The van der Waals surface area contributed by atoms with E-state index in [0.717, 1.165) is 0 Å². The lowest BCUT2D eigenvalue weighted by atomic mass is 9.93. The van der Waals surface area contributed by atoms with Gasteiger partial charge in [0.05, 0.1) is 6.61 Å². The number of carbonyl (C=O) groups excluding carboxylic acids is 1. The number of esters is 1. The van der Waals surface area contributed by atoms with Crippen molar-refractivity contribution < 1.29 is 27.4 Å². The van der Waals surface area contributed by atoms with E-state index in [2.05, 4.69) is 17.9 Å². The fourth-order valence-electron chi connectivity index (χ4n) is 2.31. The first kappa shape index (κ1) is 17.0. The van der Waals surface area contributed by atoms with Crippen molar-refractivity contribution in [3.05, 3.63) is 29.6 Å². The zero-order valence-electron chi connectivity index (χ0n) is 11.9. The van der Waals surface area contributed by atoms with Gasteiger partial charge in [-0.1, -0.05) is 0 Å². The molecule has 1 heterocycles. The first-order chi connectivity index (χ1) is 10.4. The first-order valence-electron chi connectivity index (χ1n) is 6.83. The van der Waals surface area contributed by atoms with Gasteiger partial charge in [-0.3, -0.25) is 0 Å². The van der Waals surface area contributed by atoms with Crippen LogP contribution in [0.2, 0.25) is 0 Å². The standard InChI is InChI=1S/C14H16F3NO3S/c1-2-20-13(19)14(4-3-5-18-12(14)22)21-8-6-9(15)11(17)10(16)7-8/h6-7,12,18,22H,2-5H2,1H3. The van der Waals surface area contributed by atoms with Gasteiger partial charge in [-0.15, -0.1) is 0 Å². The fourth-order valence-corrected chi connectivity index (χ4v) is 2.72. The van der Waals surface area contributed by atoms with Gasteiger partial charge in [0, 0.05) is 18.6 Å². The highest BCUT2D eigenvalue weighted by molar-refractivity contribution is 7.81. The Balaban J connectivity index is 2.36. The predicted molar refractivity (Wildman–Crippen MR) is 76.3 cm³/mol. The second kappa shape index (κ2) is 6.78. The Labute approximate surface area is 131 Å². The molecule has 1 fully saturated rings. The lowest BCUT2D eigenvalue weighted by Gasteiger charge is -2.40. The normalized spacial score (nSPS) is 24.9. The second-order valence-electron chi connectivity index (χ2n) is 4.87. The minimum atomic E-state index is -1.60. The van der Waals surface area contributed by atoms with Crippen LogP contribution in [0, 0.1) is 17.5 Å². The molecule has 1 aromatic rings. The third kappa shape index (κ3) is 3.17. The Hall–Kier alpha value is -1.41. The smallest absolute Gasteiger partial charge is 0.353 e. The van der Waals surface area contributed by atoms with Crippen LogP contribution in [-0.4, -0.2) is 30.1 Å². The van der Waals surface area contributed by atoms with E-state index < -0.39 is 34.4 Å². The van der Waals surface area contributed by atoms with Gasteiger partial charge in [-0.2, -0.15) is 12.6 Å². The molecule has 0 bridgehead atoms. The molecular formula is C14H16F3NO3S. The molecule has 22 heavy (non-hydrogen) atoms. The van der Waals surface area contributed by atoms with Crippen molar-refractivity contribution in [1.82, 2.24) is 5.32 Å². The zero-order valence-corrected chi connectivity index (χ0v) is 12.8. The molecule has 0 saturated carbocycles. The Morgan fingerprint density at radius 3 is 2.59 bits per heavy atom. The number of piperidine rings is 1. The van der Waals surface area contributed by atoms with Crippen LogP contribution in [0.3, 0.4) is 0 Å². The number of carbonyl (C=O) groups is 1. The Bertz CT molecular complexity index is 549. The molecule has 1 N–H and O–H groups in total. The molecule has 8 heteroatoms. The van der Waals surface area contributed by atoms with E-state index in [4.69, 9.17) is 9.47 Å². The topological polar surface area (TPSA) is 47.6 Å². The lowest BCUT2D eigenvalue weighted by molar-refractivity contribution is -0.164. The molecule has 0 spiro atoms. The molecule has 0 aliphatic carbocycles. The highest BCUT2D eigenvalue weighted by Crippen LogP contribution is 2.33. The number of thiol groups is 1. The van der Waals surface area contributed by atoms with E-state index in [1.165, 1.54) is 0 Å². The summed E-state index contributed by atoms with van der Waals surface area (Å²) in [6.45, 7) is 2.37. The van der Waals surface area contributed by atoms with E-state index in [0.29, 0.717) is 25.1 Å². The van der Waals surface area contributed by atoms with Crippen molar-refractivity contribution in [3.63, 3.8) is 0 Å². The maximum absolute atomic E-state index is 13.3. The predicted octanol–water partition coefficient (Wildman–Crippen LogP) is 2.42. The van der Waals surface area contributed by atoms with Gasteiger partial charge in [0.25, 0.3) is 0 Å². The Morgan fingerprint density at radius 2 is 2.05 bits per heavy atom. The first-order valence-corrected chi connectivity index (χ1v) is 7.34. The zero-order chi connectivity index (χ0) is 16.3. The molecule has 0 aromatic heterocycles. The molecule has 1 aliphatic heterocycles. The van der Waals surface area contributed by atoms with Gasteiger partial charge >= 0.3 is 5.97 Å². The van der Waals surface area contributed by atoms with Gasteiger partial charge in [-0.05, 0) is 19.9 Å². The van der Waals surface area contributed by atoms with E-state index in [1.807, 2.05) is 0 Å². The number of hydrogen-bond acceptors (Lipinski definition) is 5. The van der Waals surface area contributed by atoms with Crippen LogP contribution in [0.5, 0.6) is 5.75 Å². The summed E-state index contributed by atoms with van der Waals surface area (Å²) in [7, 11) is 0. The summed E-state index contributed by atoms with van der Waals surface area (Å²) in [5.74, 6) is -5.37. The van der Waals surface area contributed by atoms with E-state index in [-0.39, 0.29) is 18.8 Å². The average molecular weight is 335 g/mol. The molecule has 1 aromatic carbocycles. The van der Waals surface area contributed by atoms with Crippen molar-refractivity contribution in [2.75, 3.05) is 13.2 Å². The maximum atomic E-state index is 13.3. The summed E-state index contributed by atoms with van der Waals surface area (Å²) >= 11 is 4.28. The van der Waals surface area contributed by atoms with Crippen molar-refractivity contribution in [3.8, 4) is 5.75 Å². The molecule has 0 amide bonds. The van der Waals surface area contributed by atoms with Crippen LogP contribution in [0.15, 0.2) is 12.1 Å². The monoisotopic (exact) mass is 335 g/mol. The highest BCUT2D eigenvalue weighted by Gasteiger charge is 2.50. The van der Waals surface area contributed by atoms with Gasteiger partial charge in [-0.25, -0.2) is 18.0 Å². The molecule has 2 rings (SSSR count). The van der Waals surface area contributed by atoms with Gasteiger partial charge in [0.1, 0.15) is 11.1 Å². The SMILES string of the molecule is CCOC(=O)C1(Oc2cc(F)c(F)c(F)c2)CCCNC1S. The van der Waals surface area contributed by atoms with Gasteiger partial charge < -0.3 is 14.8 Å². The van der Waals surface area contributed by atoms with Gasteiger partial charge in [0.2, 0.25) is 5.60 Å². The quantitative estimate of drug-likeness (QED) is 0.504. The fraction of sp³-hybridized carbons (Fsp3) is 0.500. The summed E-state index contributed by atoms with van der Waals surface area (Å²) in [6, 6.07) is 1.38. The Morgan fingerprint density at radius 1 is 1.41 bits per heavy atom. The Kier molecular flexibility index (Phi) is 5.23. The second-order valence-corrected chi connectivity index (χ2v) is 5.39. The molecule has 122 valence electrons. The average Bonchev–Trinajstić information content (AvgIpc) is 2.47. The summed E-state index contributed by atoms with van der Waals surface area (Å²) in [6.07, 6.45) is 0.843. The largest absolute Gasteiger partial charge is 0.473 e. The summed E-state index contributed by atoms with van der Waals surface area (Å²) in [5.41, 5.74) is -1.53. The molecule has 2 atom stereocenters. The summed E-state index contributed by atoms with van der Waals surface area (Å²) in [4.78, 5) is 12.3. The molecule has 0 radical (unpaired) electrons. The van der Waals surface area contributed by atoms with Crippen molar-refractivity contribution in [2.45, 2.75) is 30.7 Å². The van der Waals surface area contributed by atoms with Crippen LogP contribution < -0.4 is 10.1 Å². The van der Waals surface area contributed by atoms with Crippen molar-refractivity contribution in [2.24, 2.45) is 0 Å². The minimum absolute atomic E-state index is 0.122. The molecule has 4 nitrogen and oxygen atoms in total. The van der Waals surface area contributed by atoms with Crippen LogP contribution in [0.1, 0.15) is 19.8 Å². The molecule has 1 saturated heterocycles. The maximum Gasteiger partial charge on any atom is 0.353 e.